The summed E-state index contributed by atoms with van der Waals surface area (Å²) in [4.78, 5) is 16.1. The van der Waals surface area contributed by atoms with Crippen molar-refractivity contribution in [1.29, 1.82) is 0 Å². The van der Waals surface area contributed by atoms with Crippen molar-refractivity contribution in [3.05, 3.63) is 42.0 Å². The number of benzene rings is 2. The molecular formula is C17H13Cl3N2O3. The van der Waals surface area contributed by atoms with Gasteiger partial charge >= 0.3 is 0 Å². The summed E-state index contributed by atoms with van der Waals surface area (Å²) in [5.41, 5.74) is 3.15. The van der Waals surface area contributed by atoms with Gasteiger partial charge in [-0.25, -0.2) is 4.98 Å². The maximum absolute atomic E-state index is 11.7. The number of nitrogens with one attached hydrogen (secondary N) is 1. The van der Waals surface area contributed by atoms with Crippen molar-refractivity contribution >= 4 is 57.5 Å². The number of nitrogens with zero attached hydrogens (tertiary/aromatic N) is 1. The Balaban J connectivity index is 1.92. The van der Waals surface area contributed by atoms with Crippen molar-refractivity contribution in [2.24, 2.45) is 0 Å². The second kappa shape index (κ2) is 6.75. The first-order valence-electron chi connectivity index (χ1n) is 7.39. The van der Waals surface area contributed by atoms with Crippen LogP contribution in [-0.2, 0) is 11.2 Å². The van der Waals surface area contributed by atoms with Crippen LogP contribution in [0.25, 0.3) is 22.6 Å². The quantitative estimate of drug-likeness (QED) is 0.603. The number of aromatic nitrogens is 1. The molecule has 3 rings (SSSR count). The van der Waals surface area contributed by atoms with E-state index in [2.05, 4.69) is 17.2 Å². The first-order valence-corrected chi connectivity index (χ1v) is 8.52. The number of rotatable bonds is 3. The molecule has 0 atom stereocenters. The van der Waals surface area contributed by atoms with Crippen LogP contribution in [-0.4, -0.2) is 19.8 Å². The molecule has 1 amide bonds. The number of carbonyl (C=O) groups excluding carboxylic acids is 1. The van der Waals surface area contributed by atoms with Gasteiger partial charge in [-0.05, 0) is 36.2 Å². The lowest BCUT2D eigenvalue weighted by Gasteiger charge is -2.12. The summed E-state index contributed by atoms with van der Waals surface area (Å²) in [7, 11) is 0. The summed E-state index contributed by atoms with van der Waals surface area (Å²) in [5.74, 6) is -0.664. The van der Waals surface area contributed by atoms with Crippen molar-refractivity contribution in [2.45, 2.75) is 17.1 Å². The zero-order valence-corrected chi connectivity index (χ0v) is 15.3. The zero-order valence-electron chi connectivity index (χ0n) is 13.0. The third-order valence-corrected chi connectivity index (χ3v) is 4.12. The smallest absolute Gasteiger partial charge is 0.276 e. The number of hydrogen-bond donors (Lipinski definition) is 2. The molecule has 0 aliphatic heterocycles. The molecule has 2 aromatic carbocycles. The van der Waals surface area contributed by atoms with Gasteiger partial charge in [-0.1, -0.05) is 47.8 Å². The molecular weight excluding hydrogens is 387 g/mol. The molecule has 0 saturated carbocycles. The molecule has 1 heterocycles. The maximum Gasteiger partial charge on any atom is 0.276 e. The van der Waals surface area contributed by atoms with Crippen LogP contribution in [0.4, 0.5) is 5.69 Å². The largest absolute Gasteiger partial charge is 0.507 e. The number of anilines is 1. The summed E-state index contributed by atoms with van der Waals surface area (Å²) in [5, 5.41) is 12.6. The SMILES string of the molecule is CCc1ccc2oc(-c3ccc(NC(=O)C(Cl)(Cl)Cl)cc3O)nc2c1. The zero-order chi connectivity index (χ0) is 18.2. The third kappa shape index (κ3) is 3.84. The van der Waals surface area contributed by atoms with E-state index in [-0.39, 0.29) is 17.3 Å². The Bertz CT molecular complexity index is 948. The van der Waals surface area contributed by atoms with Crippen LogP contribution in [0, 0.1) is 0 Å². The van der Waals surface area contributed by atoms with Gasteiger partial charge in [0.25, 0.3) is 9.70 Å². The molecule has 8 heteroatoms. The summed E-state index contributed by atoms with van der Waals surface area (Å²) >= 11 is 16.5. The van der Waals surface area contributed by atoms with E-state index in [1.807, 2.05) is 18.2 Å². The van der Waals surface area contributed by atoms with Gasteiger partial charge in [-0.3, -0.25) is 4.79 Å². The molecule has 5 nitrogen and oxygen atoms in total. The highest BCUT2D eigenvalue weighted by atomic mass is 35.6. The fraction of sp³-hybridized carbons (Fsp3) is 0.176. The number of phenolic OH excluding ortho intramolecular Hbond substituents is 1. The number of aryl methyl sites for hydroxylation is 1. The number of fused-ring (bicyclic) bond motifs is 1. The molecule has 0 fully saturated rings. The lowest BCUT2D eigenvalue weighted by atomic mass is 10.1. The van der Waals surface area contributed by atoms with Crippen molar-refractivity contribution < 1.29 is 14.3 Å². The Kier molecular flexibility index (Phi) is 4.82. The maximum atomic E-state index is 11.7. The Hall–Kier alpha value is -1.95. The topological polar surface area (TPSA) is 75.4 Å². The number of aromatic hydroxyl groups is 1. The van der Waals surface area contributed by atoms with Gasteiger partial charge in [0.2, 0.25) is 5.89 Å². The van der Waals surface area contributed by atoms with E-state index in [0.717, 1.165) is 12.0 Å². The van der Waals surface area contributed by atoms with Crippen LogP contribution in [0.15, 0.2) is 40.8 Å². The van der Waals surface area contributed by atoms with Crippen molar-refractivity contribution in [1.82, 2.24) is 4.98 Å². The van der Waals surface area contributed by atoms with Gasteiger partial charge in [-0.2, -0.15) is 0 Å². The van der Waals surface area contributed by atoms with Crippen LogP contribution in [0.3, 0.4) is 0 Å². The average Bonchev–Trinajstić information content (AvgIpc) is 2.96. The first kappa shape index (κ1) is 17.9. The molecule has 0 bridgehead atoms. The number of phenols is 1. The van der Waals surface area contributed by atoms with Crippen LogP contribution < -0.4 is 5.32 Å². The van der Waals surface area contributed by atoms with Crippen LogP contribution in [0.1, 0.15) is 12.5 Å². The van der Waals surface area contributed by atoms with Gasteiger partial charge in [-0.15, -0.1) is 0 Å². The molecule has 2 N–H and O–H groups in total. The Labute approximate surface area is 158 Å². The van der Waals surface area contributed by atoms with E-state index in [1.165, 1.54) is 6.07 Å². The Morgan fingerprint density at radius 2 is 2.00 bits per heavy atom. The average molecular weight is 400 g/mol. The van der Waals surface area contributed by atoms with Gasteiger partial charge in [0, 0.05) is 11.8 Å². The first-order chi connectivity index (χ1) is 11.8. The second-order valence-electron chi connectivity index (χ2n) is 5.36. The van der Waals surface area contributed by atoms with E-state index in [9.17, 15) is 9.90 Å². The van der Waals surface area contributed by atoms with Gasteiger partial charge in [0.05, 0.1) is 5.56 Å². The van der Waals surface area contributed by atoms with Gasteiger partial charge < -0.3 is 14.8 Å². The Morgan fingerprint density at radius 3 is 2.64 bits per heavy atom. The summed E-state index contributed by atoms with van der Waals surface area (Å²) in [6.45, 7) is 2.05. The third-order valence-electron chi connectivity index (χ3n) is 3.60. The predicted octanol–water partition coefficient (Wildman–Crippen LogP) is 5.07. The number of alkyl halides is 3. The van der Waals surface area contributed by atoms with Crippen molar-refractivity contribution in [3.63, 3.8) is 0 Å². The van der Waals surface area contributed by atoms with E-state index in [0.29, 0.717) is 16.7 Å². The number of halogens is 3. The van der Waals surface area contributed by atoms with Crippen LogP contribution >= 0.6 is 34.8 Å². The normalized spacial score (nSPS) is 11.7. The molecule has 3 aromatic rings. The predicted molar refractivity (Wildman–Crippen MR) is 99.4 cm³/mol. The molecule has 25 heavy (non-hydrogen) atoms. The highest BCUT2D eigenvalue weighted by Gasteiger charge is 2.30. The fourth-order valence-corrected chi connectivity index (χ4v) is 2.44. The Morgan fingerprint density at radius 1 is 1.24 bits per heavy atom. The second-order valence-corrected chi connectivity index (χ2v) is 7.64. The molecule has 130 valence electrons. The molecule has 0 spiro atoms. The monoisotopic (exact) mass is 398 g/mol. The highest BCUT2D eigenvalue weighted by Crippen LogP contribution is 2.34. The minimum atomic E-state index is -2.09. The molecule has 1 aromatic heterocycles. The van der Waals surface area contributed by atoms with E-state index < -0.39 is 9.70 Å². The van der Waals surface area contributed by atoms with Crippen LogP contribution in [0.2, 0.25) is 0 Å². The molecule has 0 aliphatic carbocycles. The molecule has 0 unspecified atom stereocenters. The summed E-state index contributed by atoms with van der Waals surface area (Å²) in [6, 6.07) is 10.2. The van der Waals surface area contributed by atoms with E-state index in [4.69, 9.17) is 39.2 Å². The molecule has 0 aliphatic rings. The summed E-state index contributed by atoms with van der Waals surface area (Å²) < 4.78 is 3.60. The summed E-state index contributed by atoms with van der Waals surface area (Å²) in [6.07, 6.45) is 0.890. The van der Waals surface area contributed by atoms with Crippen molar-refractivity contribution in [3.8, 4) is 17.2 Å². The number of hydrogen-bond acceptors (Lipinski definition) is 4. The number of carbonyl (C=O) groups is 1. The fourth-order valence-electron chi connectivity index (χ4n) is 2.30. The minimum absolute atomic E-state index is 0.121. The van der Waals surface area contributed by atoms with Gasteiger partial charge in [0.15, 0.2) is 5.58 Å². The molecule has 0 radical (unpaired) electrons. The van der Waals surface area contributed by atoms with E-state index in [1.54, 1.807) is 12.1 Å². The van der Waals surface area contributed by atoms with Crippen molar-refractivity contribution in [2.75, 3.05) is 5.32 Å². The lowest BCUT2D eigenvalue weighted by molar-refractivity contribution is -0.115. The van der Waals surface area contributed by atoms with Gasteiger partial charge in [0.1, 0.15) is 11.3 Å². The van der Waals surface area contributed by atoms with Crippen LogP contribution in [0.5, 0.6) is 5.75 Å². The minimum Gasteiger partial charge on any atom is -0.507 e. The standard InChI is InChI=1S/C17H13Cl3N2O3/c1-2-9-3-6-14-12(7-9)22-15(25-14)11-5-4-10(8-13(11)23)21-16(24)17(18,19)20/h3-8,23H,2H2,1H3,(H,21,24). The number of amides is 1. The number of oxazole rings is 1. The van der Waals surface area contributed by atoms with E-state index >= 15 is 0 Å². The molecule has 0 saturated heterocycles. The lowest BCUT2D eigenvalue weighted by Crippen LogP contribution is -2.26. The highest BCUT2D eigenvalue weighted by molar-refractivity contribution is 6.76.